The normalized spacial score (nSPS) is 26.9. The molecule has 1 saturated heterocycles. The predicted molar refractivity (Wildman–Crippen MR) is 99.4 cm³/mol. The molecule has 1 aliphatic heterocycles. The summed E-state index contributed by atoms with van der Waals surface area (Å²) < 4.78 is 16.2. The summed E-state index contributed by atoms with van der Waals surface area (Å²) in [5, 5.41) is 68.5. The van der Waals surface area contributed by atoms with Gasteiger partial charge in [0.1, 0.15) is 52.5 Å². The lowest BCUT2D eigenvalue weighted by atomic mass is 9.99. The van der Waals surface area contributed by atoms with Crippen LogP contribution in [0.3, 0.4) is 0 Å². The van der Waals surface area contributed by atoms with E-state index in [4.69, 9.17) is 13.9 Å². The number of benzene rings is 2. The SMILES string of the molecule is O=c1c2cc(O)c(O[C@@H]3O[C@@H](CO)[C@H](O)[C@H](O)[C@H]3O)cc2oc2cc(O)cc(O)c12. The van der Waals surface area contributed by atoms with Crippen molar-refractivity contribution in [2.24, 2.45) is 0 Å². The summed E-state index contributed by atoms with van der Waals surface area (Å²) >= 11 is 0. The van der Waals surface area contributed by atoms with E-state index in [1.807, 2.05) is 0 Å². The number of phenolic OH excluding ortho intramolecular Hbond substituents is 3. The van der Waals surface area contributed by atoms with E-state index in [0.717, 1.165) is 24.3 Å². The maximum absolute atomic E-state index is 12.7. The quantitative estimate of drug-likeness (QED) is 0.263. The summed E-state index contributed by atoms with van der Waals surface area (Å²) in [6, 6.07) is 4.24. The van der Waals surface area contributed by atoms with Gasteiger partial charge in [0.15, 0.2) is 11.5 Å². The molecule has 5 atom stereocenters. The Balaban J connectivity index is 1.78. The van der Waals surface area contributed by atoms with Gasteiger partial charge in [0, 0.05) is 18.2 Å². The van der Waals surface area contributed by atoms with Crippen LogP contribution in [0.25, 0.3) is 21.9 Å². The zero-order chi connectivity index (χ0) is 21.7. The molecular weight excluding hydrogens is 404 g/mol. The number of hydrogen-bond donors (Lipinski definition) is 7. The lowest BCUT2D eigenvalue weighted by Crippen LogP contribution is -2.60. The second-order valence-electron chi connectivity index (χ2n) is 6.90. The molecule has 11 heteroatoms. The molecular formula is C19H18O11. The highest BCUT2D eigenvalue weighted by Gasteiger charge is 2.45. The van der Waals surface area contributed by atoms with Crippen LogP contribution < -0.4 is 10.2 Å². The van der Waals surface area contributed by atoms with E-state index >= 15 is 0 Å². The van der Waals surface area contributed by atoms with Gasteiger partial charge in [-0.1, -0.05) is 0 Å². The summed E-state index contributed by atoms with van der Waals surface area (Å²) in [4.78, 5) is 12.7. The first-order valence-electron chi connectivity index (χ1n) is 8.84. The van der Waals surface area contributed by atoms with Crippen molar-refractivity contribution in [2.75, 3.05) is 6.61 Å². The van der Waals surface area contributed by atoms with Gasteiger partial charge < -0.3 is 49.6 Å². The number of hydrogen-bond acceptors (Lipinski definition) is 11. The molecule has 0 saturated carbocycles. The summed E-state index contributed by atoms with van der Waals surface area (Å²) in [5.41, 5.74) is -0.859. The van der Waals surface area contributed by atoms with Crippen LogP contribution in [0.2, 0.25) is 0 Å². The molecule has 0 bridgehead atoms. The highest BCUT2D eigenvalue weighted by molar-refractivity contribution is 5.94. The molecule has 2 aromatic carbocycles. The van der Waals surface area contributed by atoms with Crippen LogP contribution in [0.1, 0.15) is 0 Å². The van der Waals surface area contributed by atoms with Gasteiger partial charge in [-0.25, -0.2) is 0 Å². The van der Waals surface area contributed by atoms with Crippen molar-refractivity contribution in [2.45, 2.75) is 30.7 Å². The minimum Gasteiger partial charge on any atom is -0.508 e. The standard InChI is InChI=1S/C19H18O11/c20-5-13-16(25)17(26)18(27)19(30-13)29-11-4-10-7(3-8(11)22)15(24)14-9(23)1-6(21)2-12(14)28-10/h1-4,13,16-23,25-27H,5H2/t13-,16-,17-,18+,19+/m0/s1. The van der Waals surface area contributed by atoms with E-state index in [1.54, 1.807) is 0 Å². The molecule has 0 aliphatic carbocycles. The molecule has 0 radical (unpaired) electrons. The Hall–Kier alpha value is -3.09. The van der Waals surface area contributed by atoms with Crippen molar-refractivity contribution in [3.63, 3.8) is 0 Å². The zero-order valence-electron chi connectivity index (χ0n) is 15.2. The van der Waals surface area contributed by atoms with Crippen molar-refractivity contribution in [3.8, 4) is 23.0 Å². The summed E-state index contributed by atoms with van der Waals surface area (Å²) in [7, 11) is 0. The third-order valence-corrected chi connectivity index (χ3v) is 4.91. The van der Waals surface area contributed by atoms with Crippen LogP contribution in [0, 0.1) is 0 Å². The number of ether oxygens (including phenoxy) is 2. The van der Waals surface area contributed by atoms with Gasteiger partial charge in [-0.2, -0.15) is 0 Å². The van der Waals surface area contributed by atoms with Crippen LogP contribution in [0.4, 0.5) is 0 Å². The molecule has 30 heavy (non-hydrogen) atoms. The highest BCUT2D eigenvalue weighted by atomic mass is 16.7. The summed E-state index contributed by atoms with van der Waals surface area (Å²) in [6.45, 7) is -0.664. The number of phenols is 3. The average molecular weight is 422 g/mol. The van der Waals surface area contributed by atoms with Crippen molar-refractivity contribution >= 4 is 21.9 Å². The Kier molecular flexibility index (Phi) is 4.92. The van der Waals surface area contributed by atoms with Crippen LogP contribution in [0.15, 0.2) is 33.5 Å². The van der Waals surface area contributed by atoms with Crippen molar-refractivity contribution in [1.82, 2.24) is 0 Å². The second kappa shape index (κ2) is 7.31. The third kappa shape index (κ3) is 3.18. The van der Waals surface area contributed by atoms with E-state index < -0.39 is 54.2 Å². The molecule has 3 aromatic rings. The molecule has 7 N–H and O–H groups in total. The number of aliphatic hydroxyl groups excluding tert-OH is 4. The first-order chi connectivity index (χ1) is 14.2. The summed E-state index contributed by atoms with van der Waals surface area (Å²) in [5.74, 6) is -1.66. The fraction of sp³-hybridized carbons (Fsp3) is 0.316. The second-order valence-corrected chi connectivity index (χ2v) is 6.90. The number of aromatic hydroxyl groups is 3. The smallest absolute Gasteiger partial charge is 0.229 e. The number of rotatable bonds is 3. The molecule has 2 heterocycles. The lowest BCUT2D eigenvalue weighted by Gasteiger charge is -2.39. The maximum Gasteiger partial charge on any atom is 0.229 e. The van der Waals surface area contributed by atoms with E-state index in [1.165, 1.54) is 0 Å². The van der Waals surface area contributed by atoms with Gasteiger partial charge in [-0.15, -0.1) is 0 Å². The molecule has 11 nitrogen and oxygen atoms in total. The Bertz CT molecular complexity index is 1170. The molecule has 4 rings (SSSR count). The Morgan fingerprint density at radius 1 is 0.900 bits per heavy atom. The van der Waals surface area contributed by atoms with Gasteiger partial charge in [-0.3, -0.25) is 4.79 Å². The highest BCUT2D eigenvalue weighted by Crippen LogP contribution is 2.36. The van der Waals surface area contributed by atoms with Gasteiger partial charge in [-0.05, 0) is 6.07 Å². The van der Waals surface area contributed by atoms with E-state index in [9.17, 15) is 40.5 Å². The Morgan fingerprint density at radius 2 is 1.63 bits per heavy atom. The lowest BCUT2D eigenvalue weighted by molar-refractivity contribution is -0.277. The minimum absolute atomic E-state index is 0.0742. The Morgan fingerprint density at radius 3 is 2.33 bits per heavy atom. The fourth-order valence-corrected chi connectivity index (χ4v) is 3.34. The zero-order valence-corrected chi connectivity index (χ0v) is 15.2. The molecule has 0 amide bonds. The van der Waals surface area contributed by atoms with Crippen LogP contribution >= 0.6 is 0 Å². The molecule has 1 fully saturated rings. The first-order valence-corrected chi connectivity index (χ1v) is 8.84. The van der Waals surface area contributed by atoms with Crippen LogP contribution in [-0.4, -0.2) is 73.1 Å². The molecule has 1 aromatic heterocycles. The minimum atomic E-state index is -1.71. The number of aliphatic hydroxyl groups is 4. The first kappa shape index (κ1) is 20.2. The largest absolute Gasteiger partial charge is 0.508 e. The van der Waals surface area contributed by atoms with Crippen molar-refractivity contribution < 1.29 is 49.6 Å². The van der Waals surface area contributed by atoms with Gasteiger partial charge in [0.25, 0.3) is 0 Å². The van der Waals surface area contributed by atoms with E-state index in [-0.39, 0.29) is 33.4 Å². The van der Waals surface area contributed by atoms with Crippen LogP contribution in [0.5, 0.6) is 23.0 Å². The molecule has 1 aliphatic rings. The molecule has 0 unspecified atom stereocenters. The fourth-order valence-electron chi connectivity index (χ4n) is 3.34. The summed E-state index contributed by atoms with van der Waals surface area (Å²) in [6.07, 6.45) is -7.76. The van der Waals surface area contributed by atoms with Gasteiger partial charge in [0.2, 0.25) is 11.7 Å². The van der Waals surface area contributed by atoms with Crippen LogP contribution in [-0.2, 0) is 4.74 Å². The third-order valence-electron chi connectivity index (χ3n) is 4.91. The molecule has 160 valence electrons. The van der Waals surface area contributed by atoms with Gasteiger partial charge >= 0.3 is 0 Å². The number of fused-ring (bicyclic) bond motifs is 2. The van der Waals surface area contributed by atoms with Gasteiger partial charge in [0.05, 0.1) is 12.0 Å². The Labute approximate surface area is 167 Å². The van der Waals surface area contributed by atoms with E-state index in [2.05, 4.69) is 0 Å². The average Bonchev–Trinajstić information content (AvgIpc) is 2.69. The monoisotopic (exact) mass is 422 g/mol. The molecule has 0 spiro atoms. The maximum atomic E-state index is 12.7. The van der Waals surface area contributed by atoms with E-state index in [0.29, 0.717) is 0 Å². The predicted octanol–water partition coefficient (Wildman–Crippen LogP) is -0.758. The topological polar surface area (TPSA) is 190 Å². The van der Waals surface area contributed by atoms with Crippen molar-refractivity contribution in [1.29, 1.82) is 0 Å². The van der Waals surface area contributed by atoms with Crippen molar-refractivity contribution in [3.05, 3.63) is 34.5 Å².